The van der Waals surface area contributed by atoms with Gasteiger partial charge in [0.15, 0.2) is 0 Å². The van der Waals surface area contributed by atoms with Crippen molar-refractivity contribution in [2.45, 2.75) is 31.6 Å². The Morgan fingerprint density at radius 2 is 2.33 bits per heavy atom. The molecular formula is C13H13NO. The third kappa shape index (κ3) is 1.23. The zero-order valence-corrected chi connectivity index (χ0v) is 8.62. The second-order valence-electron chi connectivity index (χ2n) is 4.31. The fourth-order valence-electron chi connectivity index (χ4n) is 2.86. The summed E-state index contributed by atoms with van der Waals surface area (Å²) in [6, 6.07) is 6.57. The maximum atomic E-state index is 8.82. The van der Waals surface area contributed by atoms with Gasteiger partial charge < -0.3 is 4.74 Å². The molecule has 1 atom stereocenters. The lowest BCUT2D eigenvalue weighted by Crippen LogP contribution is -1.96. The van der Waals surface area contributed by atoms with Gasteiger partial charge in [-0.3, -0.25) is 0 Å². The first-order valence-corrected chi connectivity index (χ1v) is 5.54. The summed E-state index contributed by atoms with van der Waals surface area (Å²) in [5.74, 6) is 1.51. The van der Waals surface area contributed by atoms with Crippen molar-refractivity contribution in [3.63, 3.8) is 0 Å². The van der Waals surface area contributed by atoms with Crippen molar-refractivity contribution in [2.75, 3.05) is 6.61 Å². The predicted octanol–water partition coefficient (Wildman–Crippen LogP) is 2.56. The lowest BCUT2D eigenvalue weighted by atomic mass is 9.92. The van der Waals surface area contributed by atoms with Gasteiger partial charge in [0, 0.05) is 18.4 Å². The smallest absolute Gasteiger partial charge is 0.122 e. The fraction of sp³-hybridized carbons (Fsp3) is 0.462. The second-order valence-corrected chi connectivity index (χ2v) is 4.31. The molecule has 0 fully saturated rings. The van der Waals surface area contributed by atoms with Gasteiger partial charge in [-0.25, -0.2) is 0 Å². The predicted molar refractivity (Wildman–Crippen MR) is 56.9 cm³/mol. The standard InChI is InChI=1S/C13H13NO/c14-7-5-10-2-1-9-3-4-12-11(13(9)10)6-8-15-12/h3-4,10H,1-2,5-6,8H2/t10-/m0/s1. The van der Waals surface area contributed by atoms with Gasteiger partial charge in [-0.2, -0.15) is 5.26 Å². The Hall–Kier alpha value is -1.49. The molecule has 0 saturated heterocycles. The van der Waals surface area contributed by atoms with Crippen molar-refractivity contribution >= 4 is 0 Å². The van der Waals surface area contributed by atoms with E-state index < -0.39 is 0 Å². The average Bonchev–Trinajstić information content (AvgIpc) is 2.83. The molecule has 0 spiro atoms. The lowest BCUT2D eigenvalue weighted by Gasteiger charge is -2.11. The Kier molecular flexibility index (Phi) is 1.92. The Morgan fingerprint density at radius 3 is 3.20 bits per heavy atom. The number of hydrogen-bond acceptors (Lipinski definition) is 2. The Balaban J connectivity index is 2.10. The van der Waals surface area contributed by atoms with Crippen molar-refractivity contribution < 1.29 is 4.74 Å². The van der Waals surface area contributed by atoms with Crippen LogP contribution >= 0.6 is 0 Å². The van der Waals surface area contributed by atoms with E-state index in [1.54, 1.807) is 0 Å². The van der Waals surface area contributed by atoms with Crippen LogP contribution in [0.15, 0.2) is 12.1 Å². The normalized spacial score (nSPS) is 21.7. The van der Waals surface area contributed by atoms with E-state index in [-0.39, 0.29) is 0 Å². The maximum Gasteiger partial charge on any atom is 0.122 e. The van der Waals surface area contributed by atoms with E-state index in [1.165, 1.54) is 16.7 Å². The molecule has 1 aromatic carbocycles. The summed E-state index contributed by atoms with van der Waals surface area (Å²) in [6.45, 7) is 0.811. The van der Waals surface area contributed by atoms with Crippen LogP contribution in [0.1, 0.15) is 35.4 Å². The minimum Gasteiger partial charge on any atom is -0.493 e. The summed E-state index contributed by atoms with van der Waals surface area (Å²) in [5, 5.41) is 8.82. The zero-order valence-electron chi connectivity index (χ0n) is 8.62. The quantitative estimate of drug-likeness (QED) is 0.696. The fourth-order valence-corrected chi connectivity index (χ4v) is 2.86. The second kappa shape index (κ2) is 3.27. The van der Waals surface area contributed by atoms with Gasteiger partial charge in [0.05, 0.1) is 12.7 Å². The molecule has 0 bridgehead atoms. The summed E-state index contributed by atoms with van der Waals surface area (Å²) in [5.41, 5.74) is 4.26. The number of rotatable bonds is 1. The van der Waals surface area contributed by atoms with Crippen LogP contribution in [0.5, 0.6) is 5.75 Å². The molecule has 0 N–H and O–H groups in total. The number of aryl methyl sites for hydroxylation is 1. The maximum absolute atomic E-state index is 8.82. The van der Waals surface area contributed by atoms with E-state index in [1.807, 2.05) is 0 Å². The summed E-state index contributed by atoms with van der Waals surface area (Å²) in [6.07, 6.45) is 3.96. The highest BCUT2D eigenvalue weighted by atomic mass is 16.5. The van der Waals surface area contributed by atoms with E-state index in [0.29, 0.717) is 12.3 Å². The molecule has 76 valence electrons. The summed E-state index contributed by atoms with van der Waals surface area (Å²) >= 11 is 0. The van der Waals surface area contributed by atoms with E-state index >= 15 is 0 Å². The molecule has 2 heteroatoms. The third-order valence-corrected chi connectivity index (χ3v) is 3.52. The van der Waals surface area contributed by atoms with Crippen molar-refractivity contribution in [3.8, 4) is 11.8 Å². The molecule has 1 heterocycles. The largest absolute Gasteiger partial charge is 0.493 e. The van der Waals surface area contributed by atoms with Crippen LogP contribution in [0.4, 0.5) is 0 Å². The first-order chi connectivity index (χ1) is 7.40. The molecule has 2 nitrogen and oxygen atoms in total. The van der Waals surface area contributed by atoms with Crippen LogP contribution in [0.25, 0.3) is 0 Å². The summed E-state index contributed by atoms with van der Waals surface area (Å²) in [7, 11) is 0. The highest BCUT2D eigenvalue weighted by molar-refractivity contribution is 5.51. The van der Waals surface area contributed by atoms with Crippen LogP contribution in [0.3, 0.4) is 0 Å². The molecule has 2 aliphatic rings. The van der Waals surface area contributed by atoms with E-state index in [4.69, 9.17) is 10.00 Å². The van der Waals surface area contributed by atoms with E-state index in [2.05, 4.69) is 18.2 Å². The topological polar surface area (TPSA) is 33.0 Å². The van der Waals surface area contributed by atoms with Crippen LogP contribution in [-0.4, -0.2) is 6.61 Å². The molecule has 1 aromatic rings. The number of nitrogens with zero attached hydrogens (tertiary/aromatic N) is 1. The molecule has 1 aliphatic heterocycles. The van der Waals surface area contributed by atoms with Crippen LogP contribution in [0.2, 0.25) is 0 Å². The minimum atomic E-state index is 0.460. The summed E-state index contributed by atoms with van der Waals surface area (Å²) < 4.78 is 5.57. The van der Waals surface area contributed by atoms with E-state index in [0.717, 1.165) is 31.6 Å². The average molecular weight is 199 g/mol. The highest BCUT2D eigenvalue weighted by Crippen LogP contribution is 2.42. The van der Waals surface area contributed by atoms with Gasteiger partial charge >= 0.3 is 0 Å². The number of fused-ring (bicyclic) bond motifs is 3. The van der Waals surface area contributed by atoms with Crippen LogP contribution in [-0.2, 0) is 12.8 Å². The highest BCUT2D eigenvalue weighted by Gasteiger charge is 2.28. The SMILES string of the molecule is N#CC[C@@H]1CCc2ccc3c(c21)CCO3. The molecule has 3 rings (SSSR count). The van der Waals surface area contributed by atoms with Gasteiger partial charge in [0.2, 0.25) is 0 Å². The Morgan fingerprint density at radius 1 is 1.40 bits per heavy atom. The van der Waals surface area contributed by atoms with Gasteiger partial charge in [0.25, 0.3) is 0 Å². The molecule has 0 saturated carbocycles. The number of nitriles is 1. The first kappa shape index (κ1) is 8.79. The zero-order chi connectivity index (χ0) is 10.3. The van der Waals surface area contributed by atoms with Crippen molar-refractivity contribution in [2.24, 2.45) is 0 Å². The molecule has 0 aromatic heterocycles. The van der Waals surface area contributed by atoms with Crippen LogP contribution < -0.4 is 4.74 Å². The molecule has 15 heavy (non-hydrogen) atoms. The monoisotopic (exact) mass is 199 g/mol. The number of ether oxygens (including phenoxy) is 1. The number of benzene rings is 1. The Bertz CT molecular complexity index is 445. The Labute approximate surface area is 89.5 Å². The van der Waals surface area contributed by atoms with Gasteiger partial charge in [-0.05, 0) is 36.0 Å². The molecule has 0 amide bonds. The molecule has 0 radical (unpaired) electrons. The number of hydrogen-bond donors (Lipinski definition) is 0. The third-order valence-electron chi connectivity index (χ3n) is 3.52. The van der Waals surface area contributed by atoms with E-state index in [9.17, 15) is 0 Å². The minimum absolute atomic E-state index is 0.460. The van der Waals surface area contributed by atoms with Gasteiger partial charge in [0.1, 0.15) is 5.75 Å². The molecule has 0 unspecified atom stereocenters. The summed E-state index contributed by atoms with van der Waals surface area (Å²) in [4.78, 5) is 0. The lowest BCUT2D eigenvalue weighted by molar-refractivity contribution is 0.357. The van der Waals surface area contributed by atoms with Crippen molar-refractivity contribution in [1.29, 1.82) is 5.26 Å². The van der Waals surface area contributed by atoms with Gasteiger partial charge in [-0.15, -0.1) is 0 Å². The van der Waals surface area contributed by atoms with Crippen LogP contribution in [0, 0.1) is 11.3 Å². The van der Waals surface area contributed by atoms with Crippen molar-refractivity contribution in [1.82, 2.24) is 0 Å². The molecule has 1 aliphatic carbocycles. The first-order valence-electron chi connectivity index (χ1n) is 5.54. The molecular weight excluding hydrogens is 186 g/mol. The van der Waals surface area contributed by atoms with Gasteiger partial charge in [-0.1, -0.05) is 6.07 Å². The van der Waals surface area contributed by atoms with Crippen molar-refractivity contribution in [3.05, 3.63) is 28.8 Å².